The lowest BCUT2D eigenvalue weighted by molar-refractivity contribution is 0.0100. The van der Waals surface area contributed by atoms with Crippen LogP contribution in [-0.4, -0.2) is 59.5 Å². The van der Waals surface area contributed by atoms with Gasteiger partial charge in [-0.3, -0.25) is 9.88 Å². The van der Waals surface area contributed by atoms with Crippen molar-refractivity contribution in [2.75, 3.05) is 44.3 Å². The van der Waals surface area contributed by atoms with E-state index in [-0.39, 0.29) is 19.3 Å². The zero-order valence-electron chi connectivity index (χ0n) is 20.0. The number of aromatic nitrogens is 1. The number of β-amino-alcohol motifs (C(OH)–C–C–N with tert-alkyl or cyclic N) is 1. The van der Waals surface area contributed by atoms with Crippen LogP contribution in [0.5, 0.6) is 5.75 Å². The molecule has 1 aromatic heterocycles. The molecular formula is C27H31Cl2N3O3. The van der Waals surface area contributed by atoms with E-state index in [4.69, 9.17) is 33.0 Å². The average Bonchev–Trinajstić information content (AvgIpc) is 2.83. The normalized spacial score (nSPS) is 18.3. The molecule has 2 N–H and O–H groups in total. The molecule has 0 radical (unpaired) electrons. The van der Waals surface area contributed by atoms with Gasteiger partial charge in [0.2, 0.25) is 0 Å². The molecule has 1 saturated heterocycles. The lowest BCUT2D eigenvalue weighted by atomic mass is 9.95. The van der Waals surface area contributed by atoms with Gasteiger partial charge in [0.25, 0.3) is 0 Å². The first-order chi connectivity index (χ1) is 16.8. The highest BCUT2D eigenvalue weighted by molar-refractivity contribution is 6.33. The number of benzene rings is 2. The van der Waals surface area contributed by atoms with Gasteiger partial charge in [-0.25, -0.2) is 0 Å². The third-order valence-corrected chi connectivity index (χ3v) is 6.93. The Labute approximate surface area is 216 Å². The Morgan fingerprint density at radius 1 is 1.09 bits per heavy atom. The lowest BCUT2D eigenvalue weighted by Crippen LogP contribution is -2.52. The molecular weight excluding hydrogens is 485 g/mol. The first-order valence-corrected chi connectivity index (χ1v) is 12.5. The van der Waals surface area contributed by atoms with Gasteiger partial charge in [0, 0.05) is 54.7 Å². The third-order valence-electron chi connectivity index (χ3n) is 6.37. The summed E-state index contributed by atoms with van der Waals surface area (Å²) in [5.41, 5.74) is 2.72. The van der Waals surface area contributed by atoms with Gasteiger partial charge in [0.15, 0.2) is 0 Å². The number of hydrogen-bond donors (Lipinski definition) is 2. The van der Waals surface area contributed by atoms with E-state index in [2.05, 4.69) is 14.8 Å². The summed E-state index contributed by atoms with van der Waals surface area (Å²) in [5, 5.41) is 21.6. The summed E-state index contributed by atoms with van der Waals surface area (Å²) in [6, 6.07) is 17.4. The Bertz CT molecular complexity index is 1120. The second-order valence-electron chi connectivity index (χ2n) is 9.14. The quantitative estimate of drug-likeness (QED) is 0.447. The fourth-order valence-corrected chi connectivity index (χ4v) is 4.93. The number of ether oxygens (including phenoxy) is 1. The molecule has 1 fully saturated rings. The van der Waals surface area contributed by atoms with Crippen LogP contribution in [0.15, 0.2) is 60.8 Å². The summed E-state index contributed by atoms with van der Waals surface area (Å²) < 4.78 is 5.52. The summed E-state index contributed by atoms with van der Waals surface area (Å²) >= 11 is 12.9. The molecule has 0 unspecified atom stereocenters. The largest absolute Gasteiger partial charge is 0.491 e. The van der Waals surface area contributed by atoms with Gasteiger partial charge in [-0.05, 0) is 49.7 Å². The molecule has 2 heterocycles. The highest BCUT2D eigenvalue weighted by Crippen LogP contribution is 2.38. The van der Waals surface area contributed by atoms with Crippen molar-refractivity contribution in [1.82, 2.24) is 9.88 Å². The van der Waals surface area contributed by atoms with Crippen LogP contribution >= 0.6 is 23.2 Å². The number of aliphatic hydroxyl groups excluding tert-OH is 1. The fraction of sp³-hybridized carbons (Fsp3) is 0.370. The predicted octanol–water partition coefficient (Wildman–Crippen LogP) is 4.84. The minimum Gasteiger partial charge on any atom is -0.491 e. The van der Waals surface area contributed by atoms with E-state index in [0.717, 1.165) is 35.6 Å². The molecule has 2 atom stereocenters. The van der Waals surface area contributed by atoms with Crippen LogP contribution < -0.4 is 9.64 Å². The van der Waals surface area contributed by atoms with E-state index in [0.29, 0.717) is 28.9 Å². The molecule has 1 aliphatic rings. The molecule has 186 valence electrons. The zero-order valence-corrected chi connectivity index (χ0v) is 21.5. The summed E-state index contributed by atoms with van der Waals surface area (Å²) in [5.74, 6) is 0.622. The molecule has 0 amide bonds. The van der Waals surface area contributed by atoms with Crippen LogP contribution in [-0.2, 0) is 5.60 Å². The van der Waals surface area contributed by atoms with Crippen LogP contribution in [0.2, 0.25) is 10.0 Å². The number of piperazine rings is 1. The number of nitrogens with zero attached hydrogens (tertiary/aromatic N) is 3. The van der Waals surface area contributed by atoms with Crippen molar-refractivity contribution in [1.29, 1.82) is 0 Å². The maximum atomic E-state index is 11.3. The summed E-state index contributed by atoms with van der Waals surface area (Å²) in [7, 11) is 0. The smallest absolute Gasteiger partial charge is 0.121 e. The van der Waals surface area contributed by atoms with Crippen LogP contribution in [0.25, 0.3) is 0 Å². The van der Waals surface area contributed by atoms with Gasteiger partial charge < -0.3 is 19.8 Å². The topological polar surface area (TPSA) is 69.1 Å². The Balaban J connectivity index is 1.58. The number of rotatable bonds is 8. The molecule has 4 rings (SSSR count). The molecule has 0 spiro atoms. The third kappa shape index (κ3) is 6.26. The Hall–Kier alpha value is -2.35. The molecule has 1 aliphatic heterocycles. The van der Waals surface area contributed by atoms with Crippen molar-refractivity contribution in [2.45, 2.75) is 25.5 Å². The number of pyridine rings is 1. The number of anilines is 1. The first-order valence-electron chi connectivity index (χ1n) is 11.7. The zero-order chi connectivity index (χ0) is 25.0. The Morgan fingerprint density at radius 3 is 2.51 bits per heavy atom. The molecule has 0 saturated carbocycles. The van der Waals surface area contributed by atoms with Crippen molar-refractivity contribution in [2.24, 2.45) is 0 Å². The maximum absolute atomic E-state index is 11.3. The fourth-order valence-electron chi connectivity index (χ4n) is 4.53. The highest BCUT2D eigenvalue weighted by atomic mass is 35.5. The van der Waals surface area contributed by atoms with E-state index >= 15 is 0 Å². The van der Waals surface area contributed by atoms with Crippen molar-refractivity contribution < 1.29 is 14.9 Å². The molecule has 0 aliphatic carbocycles. The summed E-state index contributed by atoms with van der Waals surface area (Å²) in [6.07, 6.45) is 1.75. The van der Waals surface area contributed by atoms with E-state index < -0.39 is 5.60 Å². The van der Waals surface area contributed by atoms with Crippen molar-refractivity contribution >= 4 is 28.9 Å². The number of aliphatic hydroxyl groups is 2. The summed E-state index contributed by atoms with van der Waals surface area (Å²) in [6.45, 7) is 6.62. The molecule has 8 heteroatoms. The molecule has 35 heavy (non-hydrogen) atoms. The molecule has 3 aromatic rings. The maximum Gasteiger partial charge on any atom is 0.121 e. The van der Waals surface area contributed by atoms with Gasteiger partial charge in [0.1, 0.15) is 18.0 Å². The highest BCUT2D eigenvalue weighted by Gasteiger charge is 2.34. The molecule has 2 aromatic carbocycles. The number of hydrogen-bond acceptors (Lipinski definition) is 6. The van der Waals surface area contributed by atoms with E-state index in [1.807, 2.05) is 62.4 Å². The molecule has 6 nitrogen and oxygen atoms in total. The van der Waals surface area contributed by atoms with Crippen molar-refractivity contribution in [3.05, 3.63) is 87.7 Å². The van der Waals surface area contributed by atoms with E-state index in [1.54, 1.807) is 12.3 Å². The predicted molar refractivity (Wildman–Crippen MR) is 141 cm³/mol. The van der Waals surface area contributed by atoms with Gasteiger partial charge in [-0.15, -0.1) is 0 Å². The van der Waals surface area contributed by atoms with Gasteiger partial charge in [-0.2, -0.15) is 0 Å². The standard InChI is InChI=1S/C27H31Cl2N3O3/c1-19-3-6-21(16-30-19)27(2,34)18-31-11-12-32(26(17-31)20-4-7-22(28)8-5-20)25-10-9-23(15-24(25)29)35-14-13-33/h3-10,15-16,26,33-34H,11-14,17-18H2,1-2H3/t26-,27+/m0/s1. The lowest BCUT2D eigenvalue weighted by Gasteiger charge is -2.45. The minimum absolute atomic E-state index is 0.00895. The van der Waals surface area contributed by atoms with Crippen LogP contribution in [0, 0.1) is 6.92 Å². The first kappa shape index (κ1) is 25.7. The minimum atomic E-state index is -1.03. The van der Waals surface area contributed by atoms with Crippen molar-refractivity contribution in [3.63, 3.8) is 0 Å². The number of halogens is 2. The monoisotopic (exact) mass is 515 g/mol. The van der Waals surface area contributed by atoms with Gasteiger partial charge in [-0.1, -0.05) is 41.4 Å². The van der Waals surface area contributed by atoms with Gasteiger partial charge in [0.05, 0.1) is 23.4 Å². The summed E-state index contributed by atoms with van der Waals surface area (Å²) in [4.78, 5) is 8.93. The Morgan fingerprint density at radius 2 is 1.86 bits per heavy atom. The van der Waals surface area contributed by atoms with Crippen LogP contribution in [0.4, 0.5) is 5.69 Å². The second kappa shape index (κ2) is 11.1. The molecule has 0 bridgehead atoms. The van der Waals surface area contributed by atoms with Gasteiger partial charge >= 0.3 is 0 Å². The van der Waals surface area contributed by atoms with E-state index in [1.165, 1.54) is 0 Å². The number of aryl methyl sites for hydroxylation is 1. The average molecular weight is 516 g/mol. The SMILES string of the molecule is Cc1ccc([C@](C)(O)CN2CCN(c3ccc(OCCO)cc3Cl)[C@H](c3ccc(Cl)cc3)C2)cn1. The van der Waals surface area contributed by atoms with E-state index in [9.17, 15) is 5.11 Å². The Kier molecular flexibility index (Phi) is 8.19. The van der Waals surface area contributed by atoms with Crippen molar-refractivity contribution in [3.8, 4) is 5.75 Å². The van der Waals surface area contributed by atoms with Crippen LogP contribution in [0.3, 0.4) is 0 Å². The second-order valence-corrected chi connectivity index (χ2v) is 9.99. The van der Waals surface area contributed by atoms with Crippen LogP contribution in [0.1, 0.15) is 29.8 Å².